The minimum atomic E-state index is 0.530. The van der Waals surface area contributed by atoms with Crippen molar-refractivity contribution in [1.29, 1.82) is 0 Å². The van der Waals surface area contributed by atoms with Gasteiger partial charge in [0, 0.05) is 13.6 Å². The molecule has 0 unspecified atom stereocenters. The summed E-state index contributed by atoms with van der Waals surface area (Å²) in [7, 11) is 1.77. The number of guanidine groups is 1. The van der Waals surface area contributed by atoms with Gasteiger partial charge in [0.05, 0.1) is 6.54 Å². The van der Waals surface area contributed by atoms with Crippen molar-refractivity contribution in [2.75, 3.05) is 20.1 Å². The summed E-state index contributed by atoms with van der Waals surface area (Å²) in [6.07, 6.45) is 14.9. The first-order chi connectivity index (χ1) is 8.36. The lowest BCUT2D eigenvalue weighted by atomic mass is 10.0. The number of hydrogen-bond acceptors (Lipinski definition) is 1. The van der Waals surface area contributed by atoms with Crippen molar-refractivity contribution in [3.8, 4) is 12.3 Å². The minimum absolute atomic E-state index is 0.530. The average Bonchev–Trinajstić information content (AvgIpc) is 2.85. The molecule has 2 N–H and O–H groups in total. The summed E-state index contributed by atoms with van der Waals surface area (Å²) in [5, 5.41) is 6.33. The Morgan fingerprint density at radius 2 is 2.06 bits per heavy atom. The number of aliphatic imine (C=N–C) groups is 1. The van der Waals surface area contributed by atoms with E-state index >= 15 is 0 Å². The van der Waals surface area contributed by atoms with Crippen LogP contribution in [0.3, 0.4) is 0 Å². The normalized spacial score (nSPS) is 16.8. The molecule has 1 fully saturated rings. The molecule has 0 saturated heterocycles. The summed E-state index contributed by atoms with van der Waals surface area (Å²) < 4.78 is 0. The van der Waals surface area contributed by atoms with Gasteiger partial charge in [-0.3, -0.25) is 4.99 Å². The van der Waals surface area contributed by atoms with Crippen LogP contribution in [0.25, 0.3) is 0 Å². The molecule has 1 aliphatic rings. The van der Waals surface area contributed by atoms with Crippen LogP contribution >= 0.6 is 0 Å². The van der Waals surface area contributed by atoms with Crippen LogP contribution in [0.1, 0.15) is 44.9 Å². The second-order valence-corrected chi connectivity index (χ2v) is 4.70. The molecule has 0 bridgehead atoms. The Morgan fingerprint density at radius 3 is 2.71 bits per heavy atom. The largest absolute Gasteiger partial charge is 0.356 e. The van der Waals surface area contributed by atoms with Crippen molar-refractivity contribution >= 4 is 5.96 Å². The Bertz CT molecular complexity index is 259. The molecule has 0 aromatic rings. The van der Waals surface area contributed by atoms with E-state index in [9.17, 15) is 0 Å². The fourth-order valence-corrected chi connectivity index (χ4v) is 2.42. The van der Waals surface area contributed by atoms with E-state index in [2.05, 4.69) is 21.5 Å². The summed E-state index contributed by atoms with van der Waals surface area (Å²) in [5.41, 5.74) is 0. The topological polar surface area (TPSA) is 36.4 Å². The van der Waals surface area contributed by atoms with Crippen molar-refractivity contribution in [3.05, 3.63) is 0 Å². The Labute approximate surface area is 105 Å². The Hall–Kier alpha value is -1.17. The summed E-state index contributed by atoms with van der Waals surface area (Å²) in [4.78, 5) is 4.10. The molecule has 0 heterocycles. The average molecular weight is 235 g/mol. The number of rotatable bonds is 6. The van der Waals surface area contributed by atoms with E-state index in [1.165, 1.54) is 44.9 Å². The van der Waals surface area contributed by atoms with E-state index < -0.39 is 0 Å². The molecule has 0 radical (unpaired) electrons. The summed E-state index contributed by atoms with van der Waals surface area (Å²) >= 11 is 0. The predicted molar refractivity (Wildman–Crippen MR) is 74.0 cm³/mol. The van der Waals surface area contributed by atoms with Gasteiger partial charge in [-0.15, -0.1) is 6.42 Å². The zero-order chi connectivity index (χ0) is 12.3. The van der Waals surface area contributed by atoms with E-state index in [-0.39, 0.29) is 0 Å². The van der Waals surface area contributed by atoms with E-state index in [1.807, 2.05) is 0 Å². The molecule has 0 aromatic carbocycles. The highest BCUT2D eigenvalue weighted by atomic mass is 15.2. The SMILES string of the molecule is C#CCNC(=NC)NCCCCC1CCCC1. The highest BCUT2D eigenvalue weighted by molar-refractivity contribution is 5.79. The van der Waals surface area contributed by atoms with Crippen molar-refractivity contribution in [2.24, 2.45) is 10.9 Å². The third-order valence-corrected chi connectivity index (χ3v) is 3.39. The van der Waals surface area contributed by atoms with Gasteiger partial charge < -0.3 is 10.6 Å². The summed E-state index contributed by atoms with van der Waals surface area (Å²) in [6, 6.07) is 0. The second-order valence-electron chi connectivity index (χ2n) is 4.70. The van der Waals surface area contributed by atoms with Crippen LogP contribution in [0, 0.1) is 18.3 Å². The Balaban J connectivity index is 1.97. The van der Waals surface area contributed by atoms with Crippen molar-refractivity contribution in [2.45, 2.75) is 44.9 Å². The predicted octanol–water partition coefficient (Wildman–Crippen LogP) is 2.15. The number of terminal acetylenes is 1. The van der Waals surface area contributed by atoms with E-state index in [1.54, 1.807) is 7.05 Å². The van der Waals surface area contributed by atoms with Gasteiger partial charge in [0.2, 0.25) is 0 Å². The first kappa shape index (κ1) is 13.9. The van der Waals surface area contributed by atoms with E-state index in [0.29, 0.717) is 6.54 Å². The van der Waals surface area contributed by atoms with Gasteiger partial charge in [0.25, 0.3) is 0 Å². The molecular formula is C14H25N3. The molecule has 0 atom stereocenters. The van der Waals surface area contributed by atoms with Crippen molar-refractivity contribution in [3.63, 3.8) is 0 Å². The van der Waals surface area contributed by atoms with Crippen LogP contribution in [-0.4, -0.2) is 26.1 Å². The molecule has 1 aliphatic carbocycles. The Kier molecular flexibility index (Phi) is 7.29. The van der Waals surface area contributed by atoms with E-state index in [0.717, 1.165) is 18.4 Å². The molecule has 17 heavy (non-hydrogen) atoms. The number of hydrogen-bond donors (Lipinski definition) is 2. The number of nitrogens with one attached hydrogen (secondary N) is 2. The first-order valence-corrected chi connectivity index (χ1v) is 6.74. The molecule has 1 saturated carbocycles. The lowest BCUT2D eigenvalue weighted by molar-refractivity contribution is 0.472. The molecule has 3 nitrogen and oxygen atoms in total. The third-order valence-electron chi connectivity index (χ3n) is 3.39. The summed E-state index contributed by atoms with van der Waals surface area (Å²) in [5.74, 6) is 4.36. The van der Waals surface area contributed by atoms with Gasteiger partial charge in [0.1, 0.15) is 0 Å². The molecule has 1 rings (SSSR count). The lowest BCUT2D eigenvalue weighted by Crippen LogP contribution is -2.37. The molecule has 0 aliphatic heterocycles. The van der Waals surface area contributed by atoms with Crippen LogP contribution in [0.2, 0.25) is 0 Å². The fraction of sp³-hybridized carbons (Fsp3) is 0.786. The smallest absolute Gasteiger partial charge is 0.191 e. The van der Waals surface area contributed by atoms with Crippen molar-refractivity contribution < 1.29 is 0 Å². The molecule has 96 valence electrons. The minimum Gasteiger partial charge on any atom is -0.356 e. The maximum atomic E-state index is 5.18. The van der Waals surface area contributed by atoms with Gasteiger partial charge in [-0.1, -0.05) is 44.4 Å². The highest BCUT2D eigenvalue weighted by Gasteiger charge is 2.13. The summed E-state index contributed by atoms with van der Waals surface area (Å²) in [6.45, 7) is 1.51. The van der Waals surface area contributed by atoms with Crippen LogP contribution in [0.15, 0.2) is 4.99 Å². The third kappa shape index (κ3) is 6.21. The molecular weight excluding hydrogens is 210 g/mol. The van der Waals surface area contributed by atoms with Gasteiger partial charge in [-0.2, -0.15) is 0 Å². The zero-order valence-electron chi connectivity index (χ0n) is 11.0. The maximum absolute atomic E-state index is 5.18. The van der Waals surface area contributed by atoms with Crippen LogP contribution in [0.4, 0.5) is 0 Å². The Morgan fingerprint density at radius 1 is 1.29 bits per heavy atom. The molecule has 0 aromatic heterocycles. The molecule has 0 amide bonds. The first-order valence-electron chi connectivity index (χ1n) is 6.74. The highest BCUT2D eigenvalue weighted by Crippen LogP contribution is 2.28. The zero-order valence-corrected chi connectivity index (χ0v) is 11.0. The van der Waals surface area contributed by atoms with Gasteiger partial charge >= 0.3 is 0 Å². The second kappa shape index (κ2) is 8.92. The standard InChI is InChI=1S/C14H25N3/c1-3-11-16-14(15-2)17-12-7-6-10-13-8-4-5-9-13/h1,13H,4-12H2,2H3,(H2,15,16,17). The molecule has 3 heteroatoms. The van der Waals surface area contributed by atoms with Crippen LogP contribution in [-0.2, 0) is 0 Å². The number of unbranched alkanes of at least 4 members (excludes halogenated alkanes) is 1. The van der Waals surface area contributed by atoms with Gasteiger partial charge in [0.15, 0.2) is 5.96 Å². The quantitative estimate of drug-likeness (QED) is 0.320. The number of nitrogens with zero attached hydrogens (tertiary/aromatic N) is 1. The monoisotopic (exact) mass is 235 g/mol. The van der Waals surface area contributed by atoms with Crippen LogP contribution in [0.5, 0.6) is 0 Å². The fourth-order valence-electron chi connectivity index (χ4n) is 2.42. The van der Waals surface area contributed by atoms with Crippen molar-refractivity contribution in [1.82, 2.24) is 10.6 Å². The van der Waals surface area contributed by atoms with E-state index in [4.69, 9.17) is 6.42 Å². The maximum Gasteiger partial charge on any atom is 0.191 e. The molecule has 0 spiro atoms. The lowest BCUT2D eigenvalue weighted by Gasteiger charge is -2.11. The van der Waals surface area contributed by atoms with Crippen LogP contribution < -0.4 is 10.6 Å². The van der Waals surface area contributed by atoms with Gasteiger partial charge in [-0.25, -0.2) is 0 Å². The van der Waals surface area contributed by atoms with Gasteiger partial charge in [-0.05, 0) is 12.3 Å².